The molecule has 4 heteroatoms. The average molecular weight is 275 g/mol. The molecule has 0 aromatic heterocycles. The van der Waals surface area contributed by atoms with E-state index in [9.17, 15) is 4.79 Å². The van der Waals surface area contributed by atoms with Crippen molar-refractivity contribution in [2.45, 2.75) is 32.0 Å². The van der Waals surface area contributed by atoms with Gasteiger partial charge in [0.15, 0.2) is 0 Å². The van der Waals surface area contributed by atoms with Gasteiger partial charge in [-0.05, 0) is 24.8 Å². The molecule has 4 nitrogen and oxygen atoms in total. The van der Waals surface area contributed by atoms with E-state index in [4.69, 9.17) is 9.47 Å². The van der Waals surface area contributed by atoms with Crippen LogP contribution in [0.2, 0.25) is 0 Å². The zero-order chi connectivity index (χ0) is 13.8. The quantitative estimate of drug-likeness (QED) is 0.833. The van der Waals surface area contributed by atoms with Gasteiger partial charge in [-0.3, -0.25) is 0 Å². The maximum absolute atomic E-state index is 12.1. The van der Waals surface area contributed by atoms with Gasteiger partial charge < -0.3 is 14.4 Å². The number of fused-ring (bicyclic) bond motifs is 1. The number of piperidine rings is 1. The minimum Gasteiger partial charge on any atom is -0.445 e. The highest BCUT2D eigenvalue weighted by Gasteiger charge is 2.34. The molecule has 2 heterocycles. The largest absolute Gasteiger partial charge is 0.445 e. The number of hydrogen-bond acceptors (Lipinski definition) is 3. The third-order valence-corrected chi connectivity index (χ3v) is 4.18. The summed E-state index contributed by atoms with van der Waals surface area (Å²) in [5, 5.41) is 0. The molecule has 1 aromatic rings. The van der Waals surface area contributed by atoms with Crippen LogP contribution < -0.4 is 0 Å². The molecule has 0 bridgehead atoms. The molecular formula is C16H21NO3. The van der Waals surface area contributed by atoms with E-state index in [-0.39, 0.29) is 6.09 Å². The molecule has 2 atom stereocenters. The van der Waals surface area contributed by atoms with E-state index in [1.54, 1.807) is 0 Å². The highest BCUT2D eigenvalue weighted by atomic mass is 16.6. The average Bonchev–Trinajstić information content (AvgIpc) is 2.53. The Hall–Kier alpha value is -1.55. The zero-order valence-corrected chi connectivity index (χ0v) is 11.7. The smallest absolute Gasteiger partial charge is 0.410 e. The van der Waals surface area contributed by atoms with Crippen LogP contribution >= 0.6 is 0 Å². The number of benzene rings is 1. The molecule has 0 unspecified atom stereocenters. The van der Waals surface area contributed by atoms with Crippen molar-refractivity contribution in [3.05, 3.63) is 35.9 Å². The summed E-state index contributed by atoms with van der Waals surface area (Å²) in [6.45, 7) is 2.74. The molecule has 2 saturated heterocycles. The van der Waals surface area contributed by atoms with Crippen molar-refractivity contribution in [1.82, 2.24) is 4.90 Å². The lowest BCUT2D eigenvalue weighted by atomic mass is 9.89. The Bertz CT molecular complexity index is 448. The lowest BCUT2D eigenvalue weighted by Gasteiger charge is -2.40. The van der Waals surface area contributed by atoms with Crippen LogP contribution in [-0.4, -0.2) is 36.8 Å². The Labute approximate surface area is 119 Å². The molecule has 1 amide bonds. The highest BCUT2D eigenvalue weighted by molar-refractivity contribution is 5.67. The number of hydrogen-bond donors (Lipinski definition) is 0. The Kier molecular flexibility index (Phi) is 4.21. The van der Waals surface area contributed by atoms with Crippen molar-refractivity contribution < 1.29 is 14.3 Å². The molecule has 0 N–H and O–H groups in total. The summed E-state index contributed by atoms with van der Waals surface area (Å²) < 4.78 is 11.2. The van der Waals surface area contributed by atoms with Gasteiger partial charge in [0.05, 0.1) is 6.10 Å². The number of carbonyl (C=O) groups is 1. The first-order valence-corrected chi connectivity index (χ1v) is 7.40. The van der Waals surface area contributed by atoms with E-state index in [1.807, 2.05) is 35.2 Å². The molecular weight excluding hydrogens is 254 g/mol. The van der Waals surface area contributed by atoms with Crippen LogP contribution in [0.25, 0.3) is 0 Å². The van der Waals surface area contributed by atoms with E-state index in [2.05, 4.69) is 0 Å². The van der Waals surface area contributed by atoms with Gasteiger partial charge in [-0.1, -0.05) is 30.3 Å². The predicted octanol–water partition coefficient (Wildman–Crippen LogP) is 2.82. The fourth-order valence-corrected chi connectivity index (χ4v) is 3.06. The molecule has 3 rings (SSSR count). The Morgan fingerprint density at radius 1 is 1.30 bits per heavy atom. The molecule has 20 heavy (non-hydrogen) atoms. The molecule has 2 aliphatic heterocycles. The van der Waals surface area contributed by atoms with Crippen LogP contribution in [0.1, 0.15) is 24.8 Å². The van der Waals surface area contributed by atoms with Gasteiger partial charge in [0.2, 0.25) is 0 Å². The fourth-order valence-electron chi connectivity index (χ4n) is 3.06. The molecule has 0 spiro atoms. The first-order valence-electron chi connectivity index (χ1n) is 7.40. The van der Waals surface area contributed by atoms with Gasteiger partial charge in [0.1, 0.15) is 6.61 Å². The first kappa shape index (κ1) is 13.4. The Morgan fingerprint density at radius 2 is 2.15 bits per heavy atom. The van der Waals surface area contributed by atoms with E-state index < -0.39 is 0 Å². The summed E-state index contributed by atoms with van der Waals surface area (Å²) >= 11 is 0. The van der Waals surface area contributed by atoms with Gasteiger partial charge in [-0.25, -0.2) is 4.79 Å². The van der Waals surface area contributed by atoms with Gasteiger partial charge in [0, 0.05) is 25.6 Å². The third-order valence-electron chi connectivity index (χ3n) is 4.18. The third kappa shape index (κ3) is 3.12. The fraction of sp³-hybridized carbons (Fsp3) is 0.562. The maximum Gasteiger partial charge on any atom is 0.410 e. The number of nitrogens with zero attached hydrogens (tertiary/aromatic N) is 1. The summed E-state index contributed by atoms with van der Waals surface area (Å²) in [5.41, 5.74) is 1.02. The van der Waals surface area contributed by atoms with Crippen LogP contribution in [-0.2, 0) is 16.1 Å². The molecule has 2 fully saturated rings. The van der Waals surface area contributed by atoms with Gasteiger partial charge in [-0.2, -0.15) is 0 Å². The van der Waals surface area contributed by atoms with Crippen molar-refractivity contribution >= 4 is 6.09 Å². The predicted molar refractivity (Wildman–Crippen MR) is 75.3 cm³/mol. The van der Waals surface area contributed by atoms with E-state index in [0.717, 1.165) is 44.5 Å². The lowest BCUT2D eigenvalue weighted by molar-refractivity contribution is -0.0639. The van der Waals surface area contributed by atoms with Crippen LogP contribution in [0.15, 0.2) is 30.3 Å². The van der Waals surface area contributed by atoms with Crippen molar-refractivity contribution in [3.63, 3.8) is 0 Å². The normalized spacial score (nSPS) is 25.9. The topological polar surface area (TPSA) is 38.8 Å². The van der Waals surface area contributed by atoms with Gasteiger partial charge in [-0.15, -0.1) is 0 Å². The lowest BCUT2D eigenvalue weighted by Crippen LogP contribution is -2.48. The molecule has 2 aliphatic rings. The van der Waals surface area contributed by atoms with Crippen LogP contribution in [0.5, 0.6) is 0 Å². The number of ether oxygens (including phenoxy) is 2. The highest BCUT2D eigenvalue weighted by Crippen LogP contribution is 2.28. The second kappa shape index (κ2) is 6.27. The van der Waals surface area contributed by atoms with E-state index in [0.29, 0.717) is 18.6 Å². The minimum atomic E-state index is -0.196. The second-order valence-electron chi connectivity index (χ2n) is 5.59. The monoisotopic (exact) mass is 275 g/mol. The Morgan fingerprint density at radius 3 is 3.00 bits per heavy atom. The van der Waals surface area contributed by atoms with E-state index >= 15 is 0 Å². The van der Waals surface area contributed by atoms with Crippen molar-refractivity contribution in [2.24, 2.45) is 5.92 Å². The number of carbonyl (C=O) groups excluding carboxylic acids is 1. The summed E-state index contributed by atoms with van der Waals surface area (Å²) in [6, 6.07) is 9.80. The maximum atomic E-state index is 12.1. The number of rotatable bonds is 2. The van der Waals surface area contributed by atoms with Crippen molar-refractivity contribution in [2.75, 3.05) is 19.7 Å². The van der Waals surface area contributed by atoms with Crippen molar-refractivity contribution in [1.29, 1.82) is 0 Å². The molecule has 0 aliphatic carbocycles. The number of likely N-dealkylation sites (tertiary alicyclic amines) is 1. The van der Waals surface area contributed by atoms with Crippen LogP contribution in [0.4, 0.5) is 4.79 Å². The van der Waals surface area contributed by atoms with Gasteiger partial charge in [0.25, 0.3) is 0 Å². The standard InChI is InChI=1S/C16H21NO3/c18-16(20-12-13-5-2-1-3-6-13)17-9-8-15-14(11-17)7-4-10-19-15/h1-3,5-6,14-15H,4,7-12H2/t14-,15+/m0/s1. The van der Waals surface area contributed by atoms with Crippen LogP contribution in [0, 0.1) is 5.92 Å². The second-order valence-corrected chi connectivity index (χ2v) is 5.59. The molecule has 0 radical (unpaired) electrons. The molecule has 1 aromatic carbocycles. The summed E-state index contributed by atoms with van der Waals surface area (Å²) in [5.74, 6) is 0.488. The summed E-state index contributed by atoms with van der Waals surface area (Å²) in [7, 11) is 0. The van der Waals surface area contributed by atoms with Gasteiger partial charge >= 0.3 is 6.09 Å². The SMILES string of the molecule is O=C(OCc1ccccc1)N1CC[C@H]2OCCC[C@H]2C1. The van der Waals surface area contributed by atoms with Crippen molar-refractivity contribution in [3.8, 4) is 0 Å². The number of amides is 1. The first-order chi connectivity index (χ1) is 9.83. The van der Waals surface area contributed by atoms with Crippen LogP contribution in [0.3, 0.4) is 0 Å². The summed E-state index contributed by atoms with van der Waals surface area (Å²) in [4.78, 5) is 13.9. The minimum absolute atomic E-state index is 0.196. The molecule has 108 valence electrons. The Balaban J connectivity index is 1.50. The zero-order valence-electron chi connectivity index (χ0n) is 11.7. The summed E-state index contributed by atoms with van der Waals surface area (Å²) in [6.07, 6.45) is 3.35. The van der Waals surface area contributed by atoms with E-state index in [1.165, 1.54) is 0 Å². The molecule has 0 saturated carbocycles.